The van der Waals surface area contributed by atoms with Crippen LogP contribution in [0.1, 0.15) is 5.56 Å². The van der Waals surface area contributed by atoms with Gasteiger partial charge in [0.1, 0.15) is 5.75 Å². The lowest BCUT2D eigenvalue weighted by Gasteiger charge is -2.02. The number of benzene rings is 2. The van der Waals surface area contributed by atoms with Crippen LogP contribution in [-0.4, -0.2) is 22.6 Å². The van der Waals surface area contributed by atoms with Gasteiger partial charge in [0.15, 0.2) is 12.3 Å². The Labute approximate surface area is 146 Å². The number of ether oxygens (including phenoxy) is 1. The van der Waals surface area contributed by atoms with E-state index < -0.39 is 5.91 Å². The smallest absolute Gasteiger partial charge is 0.302 e. The molecular weight excluding hydrogens is 374 g/mol. The Morgan fingerprint density at radius 1 is 1.25 bits per heavy atom. The molecule has 0 saturated carbocycles. The lowest BCUT2D eigenvalue weighted by atomic mass is 10.2. The zero-order valence-electron chi connectivity index (χ0n) is 12.8. The van der Waals surface area contributed by atoms with Crippen LogP contribution in [0.2, 0.25) is 0 Å². The van der Waals surface area contributed by atoms with E-state index in [9.17, 15) is 9.90 Å². The molecule has 7 heteroatoms. The summed E-state index contributed by atoms with van der Waals surface area (Å²) in [6, 6.07) is 12.8. The first kappa shape index (κ1) is 16.2. The Morgan fingerprint density at radius 3 is 2.75 bits per heavy atom. The quantitative estimate of drug-likeness (QED) is 0.639. The third-order valence-corrected chi connectivity index (χ3v) is 3.85. The van der Waals surface area contributed by atoms with Crippen molar-refractivity contribution in [1.82, 2.24) is 4.98 Å². The number of rotatable bonds is 4. The van der Waals surface area contributed by atoms with Crippen molar-refractivity contribution in [2.75, 3.05) is 6.61 Å². The first-order valence-electron chi connectivity index (χ1n) is 7.17. The molecule has 0 fully saturated rings. The number of nitrogens with zero attached hydrogens (tertiary/aromatic N) is 2. The van der Waals surface area contributed by atoms with E-state index in [-0.39, 0.29) is 18.2 Å². The lowest BCUT2D eigenvalue weighted by molar-refractivity contribution is -0.120. The summed E-state index contributed by atoms with van der Waals surface area (Å²) in [6.45, 7) is 1.74. The van der Waals surface area contributed by atoms with Crippen molar-refractivity contribution < 1.29 is 14.6 Å². The van der Waals surface area contributed by atoms with Crippen LogP contribution in [0, 0.1) is 6.92 Å². The van der Waals surface area contributed by atoms with E-state index >= 15 is 0 Å². The molecule has 24 heavy (non-hydrogen) atoms. The van der Waals surface area contributed by atoms with Gasteiger partial charge >= 0.3 is 5.91 Å². The summed E-state index contributed by atoms with van der Waals surface area (Å²) in [7, 11) is 0. The number of azo groups is 1. The Balaban J connectivity index is 1.71. The molecule has 0 atom stereocenters. The van der Waals surface area contributed by atoms with E-state index in [0.717, 1.165) is 10.0 Å². The van der Waals surface area contributed by atoms with Crippen LogP contribution in [0.25, 0.3) is 10.9 Å². The van der Waals surface area contributed by atoms with Gasteiger partial charge in [0, 0.05) is 9.86 Å². The number of carbonyl (C=O) groups excluding carboxylic acids is 1. The molecule has 6 nitrogen and oxygen atoms in total. The van der Waals surface area contributed by atoms with Crippen LogP contribution in [0.5, 0.6) is 11.6 Å². The maximum Gasteiger partial charge on any atom is 0.302 e. The number of aromatic amines is 1. The number of hydrogen-bond acceptors (Lipinski definition) is 4. The monoisotopic (exact) mass is 387 g/mol. The van der Waals surface area contributed by atoms with Gasteiger partial charge < -0.3 is 14.8 Å². The van der Waals surface area contributed by atoms with E-state index in [1.807, 2.05) is 25.1 Å². The molecule has 0 spiro atoms. The summed E-state index contributed by atoms with van der Waals surface area (Å²) in [5.74, 6) is -0.0959. The maximum absolute atomic E-state index is 11.8. The standard InChI is InChI=1S/C17H14BrN3O3/c1-10-2-5-12(6-3-10)24-9-15(22)20-21-16-13-8-11(18)4-7-14(13)19-17(16)23/h2-8,19,23H,9H2,1H3. The van der Waals surface area contributed by atoms with Crippen LogP contribution < -0.4 is 4.74 Å². The van der Waals surface area contributed by atoms with Crippen LogP contribution in [0.4, 0.5) is 5.69 Å². The highest BCUT2D eigenvalue weighted by atomic mass is 79.9. The number of amides is 1. The van der Waals surface area contributed by atoms with E-state index in [0.29, 0.717) is 16.7 Å². The Morgan fingerprint density at radius 2 is 2.00 bits per heavy atom. The van der Waals surface area contributed by atoms with Crippen molar-refractivity contribution >= 4 is 38.4 Å². The molecule has 0 unspecified atom stereocenters. The number of H-pyrrole nitrogens is 1. The highest BCUT2D eigenvalue weighted by molar-refractivity contribution is 9.10. The predicted octanol–water partition coefficient (Wildman–Crippen LogP) is 4.63. The average molecular weight is 388 g/mol. The molecule has 0 aliphatic heterocycles. The van der Waals surface area contributed by atoms with Crippen molar-refractivity contribution in [3.63, 3.8) is 0 Å². The summed E-state index contributed by atoms with van der Waals surface area (Å²) >= 11 is 3.36. The fraction of sp³-hybridized carbons (Fsp3) is 0.118. The Kier molecular flexibility index (Phi) is 4.61. The second-order valence-corrected chi connectivity index (χ2v) is 6.12. The van der Waals surface area contributed by atoms with Crippen LogP contribution >= 0.6 is 15.9 Å². The third kappa shape index (κ3) is 3.62. The van der Waals surface area contributed by atoms with E-state index in [4.69, 9.17) is 4.74 Å². The molecule has 1 aromatic heterocycles. The molecule has 1 heterocycles. The molecule has 0 aliphatic carbocycles. The van der Waals surface area contributed by atoms with E-state index in [1.54, 1.807) is 24.3 Å². The molecule has 1 amide bonds. The Bertz CT molecular complexity index is 917. The summed E-state index contributed by atoms with van der Waals surface area (Å²) in [5.41, 5.74) is 2.03. The van der Waals surface area contributed by atoms with Crippen LogP contribution in [0.3, 0.4) is 0 Å². The molecule has 0 radical (unpaired) electrons. The first-order chi connectivity index (χ1) is 11.5. The zero-order valence-corrected chi connectivity index (χ0v) is 14.4. The molecule has 0 saturated heterocycles. The molecule has 2 aromatic carbocycles. The number of carbonyl (C=O) groups is 1. The summed E-state index contributed by atoms with van der Waals surface area (Å²) in [4.78, 5) is 14.6. The fourth-order valence-electron chi connectivity index (χ4n) is 2.15. The highest BCUT2D eigenvalue weighted by Gasteiger charge is 2.11. The zero-order chi connectivity index (χ0) is 17.1. The summed E-state index contributed by atoms with van der Waals surface area (Å²) in [6.07, 6.45) is 0. The van der Waals surface area contributed by atoms with Gasteiger partial charge in [-0.1, -0.05) is 33.6 Å². The molecular formula is C17H14BrN3O3. The lowest BCUT2D eigenvalue weighted by Crippen LogP contribution is -2.07. The minimum absolute atomic E-state index is 0.140. The SMILES string of the molecule is Cc1ccc(OCC(=O)N=Nc2c(O)[nH]c3ccc(Br)cc23)cc1. The minimum atomic E-state index is -0.542. The summed E-state index contributed by atoms with van der Waals surface area (Å²) in [5, 5.41) is 18.0. The number of aromatic nitrogens is 1. The first-order valence-corrected chi connectivity index (χ1v) is 7.96. The normalized spacial score (nSPS) is 11.2. The van der Waals surface area contributed by atoms with Gasteiger partial charge in [-0.2, -0.15) is 0 Å². The molecule has 0 aliphatic rings. The van der Waals surface area contributed by atoms with Gasteiger partial charge in [-0.15, -0.1) is 10.2 Å². The molecule has 122 valence electrons. The third-order valence-electron chi connectivity index (χ3n) is 3.36. The largest absolute Gasteiger partial charge is 0.493 e. The van der Waals surface area contributed by atoms with Crippen LogP contribution in [0.15, 0.2) is 57.2 Å². The number of aromatic hydroxyl groups is 1. The molecule has 2 N–H and O–H groups in total. The van der Waals surface area contributed by atoms with Gasteiger partial charge in [-0.05, 0) is 37.3 Å². The van der Waals surface area contributed by atoms with Crippen LogP contribution in [-0.2, 0) is 4.79 Å². The summed E-state index contributed by atoms with van der Waals surface area (Å²) < 4.78 is 6.18. The number of hydrogen-bond donors (Lipinski definition) is 2. The van der Waals surface area contributed by atoms with Gasteiger partial charge in [-0.3, -0.25) is 4.79 Å². The Hall–Kier alpha value is -2.67. The molecule has 0 bridgehead atoms. The van der Waals surface area contributed by atoms with Gasteiger partial charge in [-0.25, -0.2) is 0 Å². The topological polar surface area (TPSA) is 87.0 Å². The predicted molar refractivity (Wildman–Crippen MR) is 93.9 cm³/mol. The number of halogens is 1. The fourth-order valence-corrected chi connectivity index (χ4v) is 2.51. The minimum Gasteiger partial charge on any atom is -0.493 e. The highest BCUT2D eigenvalue weighted by Crippen LogP contribution is 2.36. The number of aryl methyl sites for hydroxylation is 1. The van der Waals surface area contributed by atoms with E-state index in [1.165, 1.54) is 0 Å². The van der Waals surface area contributed by atoms with Gasteiger partial charge in [0.25, 0.3) is 0 Å². The van der Waals surface area contributed by atoms with Crippen molar-refractivity contribution in [3.05, 3.63) is 52.5 Å². The number of fused-ring (bicyclic) bond motifs is 1. The van der Waals surface area contributed by atoms with E-state index in [2.05, 4.69) is 31.1 Å². The average Bonchev–Trinajstić information content (AvgIpc) is 2.87. The van der Waals surface area contributed by atoms with Crippen molar-refractivity contribution in [3.8, 4) is 11.6 Å². The van der Waals surface area contributed by atoms with Crippen molar-refractivity contribution in [2.45, 2.75) is 6.92 Å². The van der Waals surface area contributed by atoms with Crippen molar-refractivity contribution in [1.29, 1.82) is 0 Å². The second kappa shape index (κ2) is 6.84. The van der Waals surface area contributed by atoms with Gasteiger partial charge in [0.2, 0.25) is 5.88 Å². The van der Waals surface area contributed by atoms with Crippen molar-refractivity contribution in [2.24, 2.45) is 10.2 Å². The molecule has 3 aromatic rings. The van der Waals surface area contributed by atoms with Gasteiger partial charge in [0.05, 0.1) is 5.52 Å². The molecule has 3 rings (SSSR count). The maximum atomic E-state index is 11.8. The number of nitrogens with one attached hydrogen (secondary N) is 1. The second-order valence-electron chi connectivity index (χ2n) is 5.21.